The zero-order valence-corrected chi connectivity index (χ0v) is 16.6. The zero-order chi connectivity index (χ0) is 21.8. The summed E-state index contributed by atoms with van der Waals surface area (Å²) in [5, 5.41) is 13.7. The minimum atomic E-state index is -0.894. The molecule has 0 bridgehead atoms. The van der Waals surface area contributed by atoms with Crippen LogP contribution in [0, 0.1) is 11.6 Å². The number of rotatable bonds is 5. The topological polar surface area (TPSA) is 80.0 Å². The Morgan fingerprint density at radius 3 is 2.42 bits per heavy atom. The molecule has 0 spiro atoms. The van der Waals surface area contributed by atoms with E-state index in [4.69, 9.17) is 16.0 Å². The fourth-order valence-corrected chi connectivity index (χ4v) is 3.00. The molecule has 2 amide bonds. The third-order valence-corrected chi connectivity index (χ3v) is 4.62. The summed E-state index contributed by atoms with van der Waals surface area (Å²) in [4.78, 5) is 12.5. The number of urea groups is 1. The van der Waals surface area contributed by atoms with Gasteiger partial charge in [-0.25, -0.2) is 13.6 Å². The van der Waals surface area contributed by atoms with Crippen molar-refractivity contribution in [2.24, 2.45) is 0 Å². The third-order valence-electron chi connectivity index (χ3n) is 4.37. The summed E-state index contributed by atoms with van der Waals surface area (Å²) in [6.07, 6.45) is 0. The predicted octanol–water partition coefficient (Wildman–Crippen LogP) is 5.58. The standard InChI is InChI=1S/C22H15ClF2N4O2/c23-15-8-6-14(7-9-15)20-28-29-21(31-20)19(13-4-2-1-3-5-13)27-22(30)26-18-11-10-16(24)12-17(18)25/h1-12,19H,(H2,26,27,30)/t19-/m0/s1. The zero-order valence-electron chi connectivity index (χ0n) is 15.9. The molecule has 0 unspecified atom stereocenters. The second-order valence-corrected chi connectivity index (χ2v) is 6.96. The highest BCUT2D eigenvalue weighted by Gasteiger charge is 2.24. The van der Waals surface area contributed by atoms with Gasteiger partial charge in [0.05, 0.1) is 5.69 Å². The molecule has 9 heteroatoms. The number of hydrogen-bond donors (Lipinski definition) is 2. The van der Waals surface area contributed by atoms with E-state index in [2.05, 4.69) is 20.8 Å². The van der Waals surface area contributed by atoms with Gasteiger partial charge in [0, 0.05) is 16.7 Å². The van der Waals surface area contributed by atoms with Crippen molar-refractivity contribution in [1.82, 2.24) is 15.5 Å². The van der Waals surface area contributed by atoms with E-state index in [1.165, 1.54) is 0 Å². The van der Waals surface area contributed by atoms with E-state index in [-0.39, 0.29) is 17.5 Å². The van der Waals surface area contributed by atoms with E-state index < -0.39 is 23.7 Å². The number of hydrogen-bond acceptors (Lipinski definition) is 4. The summed E-state index contributed by atoms with van der Waals surface area (Å²) in [6, 6.07) is 17.1. The number of amides is 2. The van der Waals surface area contributed by atoms with Crippen molar-refractivity contribution in [3.63, 3.8) is 0 Å². The first kappa shape index (κ1) is 20.5. The molecule has 2 N–H and O–H groups in total. The first-order valence-electron chi connectivity index (χ1n) is 9.16. The minimum Gasteiger partial charge on any atom is -0.418 e. The average molecular weight is 441 g/mol. The van der Waals surface area contributed by atoms with Crippen molar-refractivity contribution in [3.05, 3.63) is 101 Å². The van der Waals surface area contributed by atoms with Gasteiger partial charge < -0.3 is 15.1 Å². The smallest absolute Gasteiger partial charge is 0.320 e. The van der Waals surface area contributed by atoms with Gasteiger partial charge >= 0.3 is 6.03 Å². The molecule has 0 saturated heterocycles. The fraction of sp³-hybridized carbons (Fsp3) is 0.0455. The van der Waals surface area contributed by atoms with Gasteiger partial charge in [0.1, 0.15) is 17.7 Å². The molecule has 4 rings (SSSR count). The molecule has 6 nitrogen and oxygen atoms in total. The summed E-state index contributed by atoms with van der Waals surface area (Å²) in [5.41, 5.74) is 1.16. The minimum absolute atomic E-state index is 0.130. The lowest BCUT2D eigenvalue weighted by Gasteiger charge is -2.16. The molecule has 0 fully saturated rings. The van der Waals surface area contributed by atoms with Crippen LogP contribution in [0.25, 0.3) is 11.5 Å². The van der Waals surface area contributed by atoms with Crippen LogP contribution >= 0.6 is 11.6 Å². The molecular formula is C22H15ClF2N4O2. The Morgan fingerprint density at radius 1 is 0.968 bits per heavy atom. The van der Waals surface area contributed by atoms with Crippen LogP contribution in [0.2, 0.25) is 5.02 Å². The molecule has 1 atom stereocenters. The lowest BCUT2D eigenvalue weighted by molar-refractivity contribution is 0.248. The van der Waals surface area contributed by atoms with Crippen LogP contribution < -0.4 is 10.6 Å². The van der Waals surface area contributed by atoms with Gasteiger partial charge in [-0.3, -0.25) is 0 Å². The van der Waals surface area contributed by atoms with Crippen LogP contribution in [0.5, 0.6) is 0 Å². The molecule has 1 heterocycles. The molecule has 0 saturated carbocycles. The highest BCUT2D eigenvalue weighted by Crippen LogP contribution is 2.26. The first-order valence-corrected chi connectivity index (χ1v) is 9.54. The average Bonchev–Trinajstić information content (AvgIpc) is 3.25. The van der Waals surface area contributed by atoms with Gasteiger partial charge in [-0.2, -0.15) is 0 Å². The quantitative estimate of drug-likeness (QED) is 0.424. The van der Waals surface area contributed by atoms with E-state index in [1.807, 2.05) is 6.07 Å². The van der Waals surface area contributed by atoms with E-state index in [0.717, 1.165) is 12.1 Å². The van der Waals surface area contributed by atoms with Crippen LogP contribution in [0.4, 0.5) is 19.3 Å². The van der Waals surface area contributed by atoms with Crippen molar-refractivity contribution in [1.29, 1.82) is 0 Å². The lowest BCUT2D eigenvalue weighted by atomic mass is 10.1. The van der Waals surface area contributed by atoms with Crippen LogP contribution in [-0.2, 0) is 0 Å². The second-order valence-electron chi connectivity index (χ2n) is 6.52. The summed E-state index contributed by atoms with van der Waals surface area (Å²) in [6.45, 7) is 0. The summed E-state index contributed by atoms with van der Waals surface area (Å²) < 4.78 is 32.8. The van der Waals surface area contributed by atoms with E-state index in [1.54, 1.807) is 48.5 Å². The molecule has 0 radical (unpaired) electrons. The van der Waals surface area contributed by atoms with Crippen LogP contribution in [0.15, 0.2) is 77.2 Å². The maximum absolute atomic E-state index is 13.9. The van der Waals surface area contributed by atoms with Gasteiger partial charge in [0.2, 0.25) is 11.8 Å². The summed E-state index contributed by atoms with van der Waals surface area (Å²) in [5.74, 6) is -1.26. The molecule has 3 aromatic carbocycles. The van der Waals surface area contributed by atoms with Crippen LogP contribution in [0.3, 0.4) is 0 Å². The molecule has 1 aromatic heterocycles. The number of nitrogens with zero attached hydrogens (tertiary/aromatic N) is 2. The maximum atomic E-state index is 13.9. The molecule has 4 aromatic rings. The number of anilines is 1. The third kappa shape index (κ3) is 4.87. The Labute approximate surface area is 180 Å². The molecule has 0 aliphatic heterocycles. The van der Waals surface area contributed by atoms with Gasteiger partial charge in [0.25, 0.3) is 0 Å². The highest BCUT2D eigenvalue weighted by molar-refractivity contribution is 6.30. The molecule has 156 valence electrons. The number of carbonyl (C=O) groups is 1. The van der Waals surface area contributed by atoms with Gasteiger partial charge in [-0.15, -0.1) is 10.2 Å². The highest BCUT2D eigenvalue weighted by atomic mass is 35.5. The van der Waals surface area contributed by atoms with Gasteiger partial charge in [-0.05, 0) is 42.0 Å². The summed E-state index contributed by atoms with van der Waals surface area (Å²) >= 11 is 5.91. The molecule has 0 aliphatic rings. The number of benzene rings is 3. The molecule has 0 aliphatic carbocycles. The summed E-state index contributed by atoms with van der Waals surface area (Å²) in [7, 11) is 0. The van der Waals surface area contributed by atoms with Gasteiger partial charge in [-0.1, -0.05) is 41.9 Å². The van der Waals surface area contributed by atoms with Crippen molar-refractivity contribution in [3.8, 4) is 11.5 Å². The normalized spacial score (nSPS) is 11.7. The van der Waals surface area contributed by atoms with E-state index in [9.17, 15) is 13.6 Å². The first-order chi connectivity index (χ1) is 15.0. The Kier molecular flexibility index (Phi) is 5.90. The Balaban J connectivity index is 1.59. The number of nitrogens with one attached hydrogen (secondary N) is 2. The van der Waals surface area contributed by atoms with Crippen molar-refractivity contribution in [2.45, 2.75) is 6.04 Å². The molecular weight excluding hydrogens is 426 g/mol. The second kappa shape index (κ2) is 8.93. The molecule has 31 heavy (non-hydrogen) atoms. The maximum Gasteiger partial charge on any atom is 0.320 e. The lowest BCUT2D eigenvalue weighted by Crippen LogP contribution is -2.33. The number of halogens is 3. The number of aromatic nitrogens is 2. The fourth-order valence-electron chi connectivity index (χ4n) is 2.87. The van der Waals surface area contributed by atoms with E-state index >= 15 is 0 Å². The van der Waals surface area contributed by atoms with Crippen molar-refractivity contribution >= 4 is 23.3 Å². The Bertz CT molecular complexity index is 1200. The van der Waals surface area contributed by atoms with Crippen molar-refractivity contribution in [2.75, 3.05) is 5.32 Å². The monoisotopic (exact) mass is 440 g/mol. The van der Waals surface area contributed by atoms with Crippen molar-refractivity contribution < 1.29 is 18.0 Å². The van der Waals surface area contributed by atoms with Gasteiger partial charge in [0.15, 0.2) is 0 Å². The Morgan fingerprint density at radius 2 is 1.71 bits per heavy atom. The van der Waals surface area contributed by atoms with E-state index in [0.29, 0.717) is 22.2 Å². The number of carbonyl (C=O) groups excluding carboxylic acids is 1. The SMILES string of the molecule is O=C(Nc1ccc(F)cc1F)N[C@@H](c1ccccc1)c1nnc(-c2ccc(Cl)cc2)o1. The van der Waals surface area contributed by atoms with Crippen LogP contribution in [-0.4, -0.2) is 16.2 Å². The van der Waals surface area contributed by atoms with Crippen LogP contribution in [0.1, 0.15) is 17.5 Å². The predicted molar refractivity (Wildman–Crippen MR) is 112 cm³/mol. The Hall–Kier alpha value is -3.78. The largest absolute Gasteiger partial charge is 0.418 e.